The highest BCUT2D eigenvalue weighted by molar-refractivity contribution is 8.15. The van der Waals surface area contributed by atoms with E-state index in [4.69, 9.17) is 0 Å². The third kappa shape index (κ3) is 2.80. The number of para-hydroxylation sites is 1. The van der Waals surface area contributed by atoms with Crippen LogP contribution in [0.15, 0.2) is 23.2 Å². The third-order valence-electron chi connectivity index (χ3n) is 2.88. The Kier molecular flexibility index (Phi) is 3.72. The van der Waals surface area contributed by atoms with Gasteiger partial charge in [0.2, 0.25) is 0 Å². The molecule has 0 radical (unpaired) electrons. The van der Waals surface area contributed by atoms with Crippen LogP contribution in [0.3, 0.4) is 0 Å². The van der Waals surface area contributed by atoms with Gasteiger partial charge in [0.25, 0.3) is 0 Å². The summed E-state index contributed by atoms with van der Waals surface area (Å²) in [6.45, 7) is 7.08. The van der Waals surface area contributed by atoms with E-state index in [1.54, 1.807) is 17.8 Å². The van der Waals surface area contributed by atoms with Crippen LogP contribution in [0.5, 0.6) is 0 Å². The van der Waals surface area contributed by atoms with E-state index < -0.39 is 0 Å². The molecule has 1 aliphatic rings. The summed E-state index contributed by atoms with van der Waals surface area (Å²) < 4.78 is 13.6. The second kappa shape index (κ2) is 5.08. The number of anilines is 1. The van der Waals surface area contributed by atoms with E-state index in [2.05, 4.69) is 24.2 Å². The molecule has 0 fully saturated rings. The molecule has 1 N–H and O–H groups in total. The molecule has 0 saturated carbocycles. The van der Waals surface area contributed by atoms with Crippen LogP contribution in [-0.4, -0.2) is 17.0 Å². The van der Waals surface area contributed by atoms with Crippen molar-refractivity contribution in [2.45, 2.75) is 26.0 Å². The van der Waals surface area contributed by atoms with E-state index in [9.17, 15) is 4.39 Å². The fourth-order valence-electron chi connectivity index (χ4n) is 1.70. The predicted octanol–water partition coefficient (Wildman–Crippen LogP) is 3.67. The lowest BCUT2D eigenvalue weighted by molar-refractivity contribution is 0.621. The van der Waals surface area contributed by atoms with Crippen LogP contribution in [0.4, 0.5) is 10.1 Å². The standard InChI is InChI=1S/C13H17FN2S/c1-8(2)11-7-15-13(17-11)16-12-9(3)5-4-6-10(12)14/h4-6,8,11H,7H2,1-3H3,(H,15,16). The number of rotatable bonds is 2. The highest BCUT2D eigenvalue weighted by Crippen LogP contribution is 2.29. The SMILES string of the molecule is Cc1cccc(F)c1NC1=NCC(C(C)C)S1. The zero-order chi connectivity index (χ0) is 12.4. The second-order valence-electron chi connectivity index (χ2n) is 4.60. The van der Waals surface area contributed by atoms with Gasteiger partial charge in [0, 0.05) is 5.25 Å². The Labute approximate surface area is 106 Å². The fourth-order valence-corrected chi connectivity index (χ4v) is 2.72. The first kappa shape index (κ1) is 12.4. The minimum absolute atomic E-state index is 0.221. The average Bonchev–Trinajstić information content (AvgIpc) is 2.72. The van der Waals surface area contributed by atoms with E-state index in [-0.39, 0.29) is 5.82 Å². The van der Waals surface area contributed by atoms with E-state index in [0.717, 1.165) is 17.3 Å². The Hall–Kier alpha value is -1.03. The van der Waals surface area contributed by atoms with E-state index in [1.807, 2.05) is 13.0 Å². The maximum atomic E-state index is 13.6. The molecule has 1 aliphatic heterocycles. The summed E-state index contributed by atoms with van der Waals surface area (Å²) in [6.07, 6.45) is 0. The normalized spacial score (nSPS) is 19.6. The van der Waals surface area contributed by atoms with Crippen molar-refractivity contribution in [2.24, 2.45) is 10.9 Å². The molecular weight excluding hydrogens is 235 g/mol. The number of thioether (sulfide) groups is 1. The lowest BCUT2D eigenvalue weighted by Gasteiger charge is -2.13. The van der Waals surface area contributed by atoms with E-state index >= 15 is 0 Å². The van der Waals surface area contributed by atoms with Gasteiger partial charge in [-0.1, -0.05) is 37.7 Å². The number of nitrogens with one attached hydrogen (secondary N) is 1. The average molecular weight is 252 g/mol. The van der Waals surface area contributed by atoms with Crippen LogP contribution >= 0.6 is 11.8 Å². The molecule has 1 unspecified atom stereocenters. The summed E-state index contributed by atoms with van der Waals surface area (Å²) in [5.41, 5.74) is 1.45. The number of aliphatic imine (C=N–C) groups is 1. The van der Waals surface area contributed by atoms with E-state index in [0.29, 0.717) is 16.9 Å². The first-order valence-electron chi connectivity index (χ1n) is 5.81. The first-order valence-corrected chi connectivity index (χ1v) is 6.69. The maximum absolute atomic E-state index is 13.6. The fraction of sp³-hybridized carbons (Fsp3) is 0.462. The molecule has 0 saturated heterocycles. The smallest absolute Gasteiger partial charge is 0.161 e. The Morgan fingerprint density at radius 2 is 2.24 bits per heavy atom. The summed E-state index contributed by atoms with van der Waals surface area (Å²) in [5, 5.41) is 4.43. The van der Waals surface area contributed by atoms with Gasteiger partial charge in [-0.15, -0.1) is 0 Å². The lowest BCUT2D eigenvalue weighted by Crippen LogP contribution is -2.13. The molecule has 0 bridgehead atoms. The van der Waals surface area contributed by atoms with Crippen molar-refractivity contribution in [2.75, 3.05) is 11.9 Å². The van der Waals surface area contributed by atoms with Crippen LogP contribution in [0.1, 0.15) is 19.4 Å². The highest BCUT2D eigenvalue weighted by Gasteiger charge is 2.23. The molecule has 2 nitrogen and oxygen atoms in total. The van der Waals surface area contributed by atoms with E-state index in [1.165, 1.54) is 6.07 Å². The topological polar surface area (TPSA) is 24.4 Å². The third-order valence-corrected chi connectivity index (χ3v) is 4.33. The molecule has 17 heavy (non-hydrogen) atoms. The highest BCUT2D eigenvalue weighted by atomic mass is 32.2. The summed E-state index contributed by atoms with van der Waals surface area (Å²) in [6, 6.07) is 5.08. The van der Waals surface area contributed by atoms with Crippen LogP contribution in [0.25, 0.3) is 0 Å². The zero-order valence-corrected chi connectivity index (χ0v) is 11.1. The van der Waals surface area contributed by atoms with Crippen molar-refractivity contribution in [3.63, 3.8) is 0 Å². The van der Waals surface area contributed by atoms with Gasteiger partial charge in [-0.3, -0.25) is 4.99 Å². The molecule has 1 aromatic carbocycles. The first-order chi connectivity index (χ1) is 8.08. The molecule has 1 atom stereocenters. The van der Waals surface area contributed by atoms with Gasteiger partial charge in [0.15, 0.2) is 5.17 Å². The maximum Gasteiger partial charge on any atom is 0.161 e. The molecule has 0 aliphatic carbocycles. The molecule has 1 heterocycles. The Morgan fingerprint density at radius 1 is 1.47 bits per heavy atom. The van der Waals surface area contributed by atoms with Gasteiger partial charge in [0.1, 0.15) is 5.82 Å². The zero-order valence-electron chi connectivity index (χ0n) is 10.3. The summed E-state index contributed by atoms with van der Waals surface area (Å²) in [7, 11) is 0. The summed E-state index contributed by atoms with van der Waals surface area (Å²) in [4.78, 5) is 4.42. The van der Waals surface area contributed by atoms with Crippen molar-refractivity contribution >= 4 is 22.6 Å². The molecule has 0 spiro atoms. The molecule has 92 valence electrons. The largest absolute Gasteiger partial charge is 0.332 e. The predicted molar refractivity (Wildman–Crippen MR) is 73.3 cm³/mol. The quantitative estimate of drug-likeness (QED) is 0.868. The number of hydrogen-bond acceptors (Lipinski definition) is 3. The number of nitrogens with zero attached hydrogens (tertiary/aromatic N) is 1. The van der Waals surface area contributed by atoms with Crippen molar-refractivity contribution in [1.82, 2.24) is 0 Å². The van der Waals surface area contributed by atoms with Crippen molar-refractivity contribution in [1.29, 1.82) is 0 Å². The van der Waals surface area contributed by atoms with Crippen LogP contribution in [0.2, 0.25) is 0 Å². The van der Waals surface area contributed by atoms with Crippen molar-refractivity contribution < 1.29 is 4.39 Å². The molecule has 4 heteroatoms. The molecule has 0 aromatic heterocycles. The van der Waals surface area contributed by atoms with Gasteiger partial charge < -0.3 is 5.32 Å². The van der Waals surface area contributed by atoms with Crippen molar-refractivity contribution in [3.8, 4) is 0 Å². The van der Waals surface area contributed by atoms with Crippen LogP contribution in [-0.2, 0) is 0 Å². The Bertz CT molecular complexity index is 423. The number of hydrogen-bond donors (Lipinski definition) is 1. The molecule has 2 rings (SSSR count). The summed E-state index contributed by atoms with van der Waals surface area (Å²) in [5.74, 6) is 0.367. The van der Waals surface area contributed by atoms with Crippen molar-refractivity contribution in [3.05, 3.63) is 29.6 Å². The minimum Gasteiger partial charge on any atom is -0.332 e. The lowest BCUT2D eigenvalue weighted by atomic mass is 10.1. The number of amidine groups is 1. The number of benzene rings is 1. The monoisotopic (exact) mass is 252 g/mol. The molecular formula is C13H17FN2S. The van der Waals surface area contributed by atoms with Gasteiger partial charge >= 0.3 is 0 Å². The Balaban J connectivity index is 2.08. The van der Waals surface area contributed by atoms with Gasteiger partial charge in [-0.2, -0.15) is 0 Å². The number of halogens is 1. The van der Waals surface area contributed by atoms with Gasteiger partial charge in [-0.25, -0.2) is 4.39 Å². The van der Waals surface area contributed by atoms with Crippen LogP contribution in [0, 0.1) is 18.7 Å². The second-order valence-corrected chi connectivity index (χ2v) is 5.83. The molecule has 1 aromatic rings. The van der Waals surface area contributed by atoms with Gasteiger partial charge in [0.05, 0.1) is 12.2 Å². The van der Waals surface area contributed by atoms with Crippen LogP contribution < -0.4 is 5.32 Å². The number of aryl methyl sites for hydroxylation is 1. The molecule has 0 amide bonds. The Morgan fingerprint density at radius 3 is 2.82 bits per heavy atom. The van der Waals surface area contributed by atoms with Gasteiger partial charge in [-0.05, 0) is 24.5 Å². The summed E-state index contributed by atoms with van der Waals surface area (Å²) >= 11 is 1.70. The minimum atomic E-state index is -0.221.